The van der Waals surface area contributed by atoms with E-state index in [9.17, 15) is 0 Å². The summed E-state index contributed by atoms with van der Waals surface area (Å²) in [7, 11) is 0. The van der Waals surface area contributed by atoms with Crippen LogP contribution in [0.2, 0.25) is 0 Å². The van der Waals surface area contributed by atoms with Gasteiger partial charge in [-0.2, -0.15) is 10.1 Å². The fourth-order valence-electron chi connectivity index (χ4n) is 2.06. The van der Waals surface area contributed by atoms with Gasteiger partial charge in [0.15, 0.2) is 5.82 Å². The van der Waals surface area contributed by atoms with Gasteiger partial charge in [0.05, 0.1) is 11.7 Å². The second-order valence-corrected chi connectivity index (χ2v) is 4.97. The zero-order valence-electron chi connectivity index (χ0n) is 11.2. The van der Waals surface area contributed by atoms with Crippen LogP contribution in [0.25, 0.3) is 10.9 Å². The van der Waals surface area contributed by atoms with Crippen molar-refractivity contribution in [2.75, 3.05) is 0 Å². The quantitative estimate of drug-likeness (QED) is 0.722. The van der Waals surface area contributed by atoms with Gasteiger partial charge in [0.1, 0.15) is 6.04 Å². The monoisotopic (exact) mass is 256 g/mol. The number of aromatic nitrogens is 4. The number of hydrogen-bond donors (Lipinski definition) is 0. The van der Waals surface area contributed by atoms with E-state index in [1.807, 2.05) is 55.9 Å². The minimum atomic E-state index is -0.0695. The first-order valence-electron chi connectivity index (χ1n) is 6.42. The molecule has 0 amide bonds. The summed E-state index contributed by atoms with van der Waals surface area (Å²) < 4.78 is 7.25. The van der Waals surface area contributed by atoms with Crippen LogP contribution in [0.1, 0.15) is 44.4 Å². The lowest BCUT2D eigenvalue weighted by Crippen LogP contribution is -2.08. The van der Waals surface area contributed by atoms with E-state index >= 15 is 0 Å². The first-order chi connectivity index (χ1) is 9.16. The van der Waals surface area contributed by atoms with Crippen LogP contribution in [-0.4, -0.2) is 19.9 Å². The van der Waals surface area contributed by atoms with Gasteiger partial charge in [0.2, 0.25) is 0 Å². The molecule has 0 aliphatic rings. The summed E-state index contributed by atoms with van der Waals surface area (Å²) in [6.07, 6.45) is 1.85. The Hall–Kier alpha value is -2.17. The van der Waals surface area contributed by atoms with Crippen molar-refractivity contribution in [2.45, 2.75) is 32.7 Å². The molecule has 0 bridgehead atoms. The summed E-state index contributed by atoms with van der Waals surface area (Å²) in [6, 6.07) is 8.01. The number of fused-ring (bicyclic) bond motifs is 1. The van der Waals surface area contributed by atoms with E-state index in [4.69, 9.17) is 4.52 Å². The Balaban J connectivity index is 2.00. The van der Waals surface area contributed by atoms with E-state index in [0.29, 0.717) is 5.89 Å². The average molecular weight is 256 g/mol. The first-order valence-corrected chi connectivity index (χ1v) is 6.42. The minimum Gasteiger partial charge on any atom is -0.337 e. The van der Waals surface area contributed by atoms with Crippen LogP contribution in [0.15, 0.2) is 35.0 Å². The summed E-state index contributed by atoms with van der Waals surface area (Å²) in [5, 5.41) is 9.52. The van der Waals surface area contributed by atoms with Crippen LogP contribution >= 0.6 is 0 Å². The molecule has 2 aromatic heterocycles. The molecular formula is C14H16N4O. The van der Waals surface area contributed by atoms with Gasteiger partial charge in [-0.05, 0) is 13.0 Å². The van der Waals surface area contributed by atoms with E-state index in [1.165, 1.54) is 0 Å². The summed E-state index contributed by atoms with van der Waals surface area (Å²) in [5.41, 5.74) is 1.07. The third kappa shape index (κ3) is 2.01. The van der Waals surface area contributed by atoms with Crippen LogP contribution in [0, 0.1) is 0 Å². The summed E-state index contributed by atoms with van der Waals surface area (Å²) in [4.78, 5) is 4.43. The molecule has 0 spiro atoms. The van der Waals surface area contributed by atoms with Gasteiger partial charge in [-0.15, -0.1) is 0 Å². The van der Waals surface area contributed by atoms with Gasteiger partial charge in [-0.1, -0.05) is 37.2 Å². The third-order valence-electron chi connectivity index (χ3n) is 3.20. The Bertz CT molecular complexity index is 698. The standard InChI is InChI=1S/C14H16N4O/c1-9(2)13-16-14(19-17-13)10(3)18-12-7-5-4-6-11(12)8-15-18/h4-10H,1-3H3. The van der Waals surface area contributed by atoms with E-state index in [2.05, 4.69) is 15.2 Å². The van der Waals surface area contributed by atoms with Crippen molar-refractivity contribution in [3.05, 3.63) is 42.2 Å². The highest BCUT2D eigenvalue weighted by Gasteiger charge is 2.19. The topological polar surface area (TPSA) is 56.7 Å². The molecular weight excluding hydrogens is 240 g/mol. The van der Waals surface area contributed by atoms with Crippen LogP contribution in [-0.2, 0) is 0 Å². The third-order valence-corrected chi connectivity index (χ3v) is 3.20. The molecule has 0 fully saturated rings. The maximum atomic E-state index is 5.34. The van der Waals surface area contributed by atoms with Crippen molar-refractivity contribution >= 4 is 10.9 Å². The molecule has 0 saturated carbocycles. The van der Waals surface area contributed by atoms with Gasteiger partial charge >= 0.3 is 0 Å². The summed E-state index contributed by atoms with van der Waals surface area (Å²) in [6.45, 7) is 6.10. The highest BCUT2D eigenvalue weighted by Crippen LogP contribution is 2.22. The molecule has 5 nitrogen and oxygen atoms in total. The van der Waals surface area contributed by atoms with Gasteiger partial charge in [0, 0.05) is 11.3 Å². The lowest BCUT2D eigenvalue weighted by molar-refractivity contribution is 0.335. The number of para-hydroxylation sites is 1. The molecule has 1 atom stereocenters. The molecule has 1 aromatic carbocycles. The molecule has 0 aliphatic carbocycles. The van der Waals surface area contributed by atoms with E-state index in [1.54, 1.807) is 0 Å². The number of nitrogens with zero attached hydrogens (tertiary/aromatic N) is 4. The normalized spacial score (nSPS) is 13.3. The van der Waals surface area contributed by atoms with Crippen LogP contribution in [0.4, 0.5) is 0 Å². The lowest BCUT2D eigenvalue weighted by Gasteiger charge is -2.08. The van der Waals surface area contributed by atoms with Crippen molar-refractivity contribution < 1.29 is 4.52 Å². The Kier molecular flexibility index (Phi) is 2.81. The molecule has 0 radical (unpaired) electrons. The average Bonchev–Trinajstić information content (AvgIpc) is 3.05. The second-order valence-electron chi connectivity index (χ2n) is 4.97. The molecule has 0 aliphatic heterocycles. The maximum absolute atomic E-state index is 5.34. The molecule has 5 heteroatoms. The first kappa shape index (κ1) is 11.9. The minimum absolute atomic E-state index is 0.0695. The largest absolute Gasteiger partial charge is 0.337 e. The molecule has 3 aromatic rings. The number of rotatable bonds is 3. The van der Waals surface area contributed by atoms with Crippen molar-refractivity contribution in [3.63, 3.8) is 0 Å². The van der Waals surface area contributed by atoms with Crippen molar-refractivity contribution in [1.29, 1.82) is 0 Å². The Morgan fingerprint density at radius 1 is 1.16 bits per heavy atom. The van der Waals surface area contributed by atoms with Crippen LogP contribution < -0.4 is 0 Å². The molecule has 1 unspecified atom stereocenters. The molecule has 0 saturated heterocycles. The Morgan fingerprint density at radius 2 is 1.95 bits per heavy atom. The zero-order valence-corrected chi connectivity index (χ0v) is 11.2. The van der Waals surface area contributed by atoms with Gasteiger partial charge in [-0.3, -0.25) is 4.68 Å². The van der Waals surface area contributed by atoms with Gasteiger partial charge < -0.3 is 4.52 Å². The van der Waals surface area contributed by atoms with E-state index in [-0.39, 0.29) is 12.0 Å². The summed E-state index contributed by atoms with van der Waals surface area (Å²) in [5.74, 6) is 1.59. The summed E-state index contributed by atoms with van der Waals surface area (Å²) >= 11 is 0. The van der Waals surface area contributed by atoms with Crippen molar-refractivity contribution in [1.82, 2.24) is 19.9 Å². The smallest absolute Gasteiger partial charge is 0.251 e. The molecule has 19 heavy (non-hydrogen) atoms. The number of hydrogen-bond acceptors (Lipinski definition) is 4. The SMILES string of the molecule is CC(C)c1noc(C(C)n2ncc3ccccc32)n1. The van der Waals surface area contributed by atoms with Crippen LogP contribution in [0.5, 0.6) is 0 Å². The Labute approximate surface area is 111 Å². The fourth-order valence-corrected chi connectivity index (χ4v) is 2.06. The molecule has 0 N–H and O–H groups in total. The predicted molar refractivity (Wildman–Crippen MR) is 71.9 cm³/mol. The lowest BCUT2D eigenvalue weighted by atomic mass is 10.2. The number of benzene rings is 1. The van der Waals surface area contributed by atoms with Gasteiger partial charge in [-0.25, -0.2) is 0 Å². The van der Waals surface area contributed by atoms with E-state index in [0.717, 1.165) is 16.7 Å². The highest BCUT2D eigenvalue weighted by atomic mass is 16.5. The molecule has 2 heterocycles. The van der Waals surface area contributed by atoms with Gasteiger partial charge in [0.25, 0.3) is 5.89 Å². The van der Waals surface area contributed by atoms with Crippen molar-refractivity contribution in [3.8, 4) is 0 Å². The molecule has 3 rings (SSSR count). The predicted octanol–water partition coefficient (Wildman–Crippen LogP) is 3.15. The Morgan fingerprint density at radius 3 is 2.68 bits per heavy atom. The maximum Gasteiger partial charge on any atom is 0.251 e. The van der Waals surface area contributed by atoms with Crippen molar-refractivity contribution in [2.24, 2.45) is 0 Å². The second kappa shape index (κ2) is 4.50. The highest BCUT2D eigenvalue weighted by molar-refractivity contribution is 5.78. The van der Waals surface area contributed by atoms with Crippen LogP contribution in [0.3, 0.4) is 0 Å². The zero-order chi connectivity index (χ0) is 13.4. The molecule has 98 valence electrons. The fraction of sp³-hybridized carbons (Fsp3) is 0.357. The van der Waals surface area contributed by atoms with E-state index < -0.39 is 0 Å².